The van der Waals surface area contributed by atoms with Crippen molar-refractivity contribution in [2.45, 2.75) is 13.0 Å². The van der Waals surface area contributed by atoms with Crippen LogP contribution in [-0.4, -0.2) is 44.1 Å². The van der Waals surface area contributed by atoms with Gasteiger partial charge in [-0.1, -0.05) is 18.2 Å². The van der Waals surface area contributed by atoms with Crippen molar-refractivity contribution < 1.29 is 9.53 Å². The molecule has 1 rings (SSSR count). The lowest BCUT2D eigenvalue weighted by atomic mass is 10.1. The van der Waals surface area contributed by atoms with Gasteiger partial charge < -0.3 is 14.5 Å². The number of hydrogen-bond donors (Lipinski definition) is 0. The lowest BCUT2D eigenvalue weighted by molar-refractivity contribution is 0.170. The Morgan fingerprint density at radius 1 is 1.18 bits per heavy atom. The second kappa shape index (κ2) is 5.68. The molecule has 0 saturated heterocycles. The minimum atomic E-state index is -0.358. The maximum absolute atomic E-state index is 11.5. The molecule has 0 spiro atoms. The summed E-state index contributed by atoms with van der Waals surface area (Å²) in [5.41, 5.74) is 1.01. The SMILES string of the molecule is CC(c1ccccc1OC(=O)N(C)C)N(C)C. The molecule has 0 aliphatic carbocycles. The first-order valence-corrected chi connectivity index (χ1v) is 5.58. The van der Waals surface area contributed by atoms with E-state index >= 15 is 0 Å². The highest BCUT2D eigenvalue weighted by Gasteiger charge is 2.16. The van der Waals surface area contributed by atoms with Crippen LogP contribution in [0.1, 0.15) is 18.5 Å². The van der Waals surface area contributed by atoms with Crippen molar-refractivity contribution in [2.75, 3.05) is 28.2 Å². The van der Waals surface area contributed by atoms with Crippen molar-refractivity contribution in [3.8, 4) is 5.75 Å². The summed E-state index contributed by atoms with van der Waals surface area (Å²) in [4.78, 5) is 15.0. The summed E-state index contributed by atoms with van der Waals surface area (Å²) in [6.45, 7) is 2.07. The Hall–Kier alpha value is -1.55. The minimum Gasteiger partial charge on any atom is -0.410 e. The molecule has 1 unspecified atom stereocenters. The van der Waals surface area contributed by atoms with Gasteiger partial charge in [0.05, 0.1) is 0 Å². The number of para-hydroxylation sites is 1. The number of ether oxygens (including phenoxy) is 1. The third-order valence-corrected chi connectivity index (χ3v) is 2.71. The zero-order valence-electron chi connectivity index (χ0n) is 11.1. The third kappa shape index (κ3) is 3.46. The third-order valence-electron chi connectivity index (χ3n) is 2.71. The fourth-order valence-electron chi connectivity index (χ4n) is 1.38. The Bertz CT molecular complexity index is 389. The van der Waals surface area contributed by atoms with E-state index in [1.807, 2.05) is 38.4 Å². The van der Waals surface area contributed by atoms with Gasteiger partial charge in [-0.2, -0.15) is 0 Å². The molecule has 1 aromatic carbocycles. The molecular formula is C13H20N2O2. The number of benzene rings is 1. The summed E-state index contributed by atoms with van der Waals surface area (Å²) in [5, 5.41) is 0. The molecule has 4 heteroatoms. The van der Waals surface area contributed by atoms with Crippen LogP contribution in [0.25, 0.3) is 0 Å². The maximum atomic E-state index is 11.5. The summed E-state index contributed by atoms with van der Waals surface area (Å²) >= 11 is 0. The molecule has 0 saturated carbocycles. The molecule has 0 radical (unpaired) electrons. The summed E-state index contributed by atoms with van der Waals surface area (Å²) in [7, 11) is 7.32. The monoisotopic (exact) mass is 236 g/mol. The first-order chi connectivity index (χ1) is 7.93. The van der Waals surface area contributed by atoms with Crippen molar-refractivity contribution in [3.05, 3.63) is 29.8 Å². The Balaban J connectivity index is 2.96. The number of rotatable bonds is 3. The number of carbonyl (C=O) groups excluding carboxylic acids is 1. The molecule has 0 fully saturated rings. The van der Waals surface area contributed by atoms with E-state index < -0.39 is 0 Å². The van der Waals surface area contributed by atoms with Crippen molar-refractivity contribution in [3.63, 3.8) is 0 Å². The smallest absolute Gasteiger partial charge is 0.410 e. The van der Waals surface area contributed by atoms with Crippen LogP contribution in [0.2, 0.25) is 0 Å². The lowest BCUT2D eigenvalue weighted by Gasteiger charge is -2.22. The topological polar surface area (TPSA) is 32.8 Å². The number of nitrogens with zero attached hydrogens (tertiary/aromatic N) is 2. The fourth-order valence-corrected chi connectivity index (χ4v) is 1.38. The van der Waals surface area contributed by atoms with Gasteiger partial charge in [-0.25, -0.2) is 4.79 Å². The fraction of sp³-hybridized carbons (Fsp3) is 0.462. The van der Waals surface area contributed by atoms with Crippen LogP contribution >= 0.6 is 0 Å². The molecule has 1 atom stereocenters. The predicted octanol–water partition coefficient (Wildman–Crippen LogP) is 2.37. The molecular weight excluding hydrogens is 216 g/mol. The van der Waals surface area contributed by atoms with E-state index in [0.29, 0.717) is 5.75 Å². The van der Waals surface area contributed by atoms with E-state index in [1.165, 1.54) is 4.90 Å². The predicted molar refractivity (Wildman–Crippen MR) is 68.3 cm³/mol. The average molecular weight is 236 g/mol. The standard InChI is InChI=1S/C13H20N2O2/c1-10(14(2)3)11-8-6-7-9-12(11)17-13(16)15(4)5/h6-10H,1-5H3. The van der Waals surface area contributed by atoms with Crippen LogP contribution in [0.4, 0.5) is 4.79 Å². The van der Waals surface area contributed by atoms with Gasteiger partial charge in [-0.15, -0.1) is 0 Å². The van der Waals surface area contributed by atoms with Gasteiger partial charge in [0.25, 0.3) is 0 Å². The van der Waals surface area contributed by atoms with Crippen molar-refractivity contribution in [1.29, 1.82) is 0 Å². The summed E-state index contributed by atoms with van der Waals surface area (Å²) in [6.07, 6.45) is -0.358. The Kier molecular flexibility index (Phi) is 4.52. The van der Waals surface area contributed by atoms with Gasteiger partial charge in [0.2, 0.25) is 0 Å². The van der Waals surface area contributed by atoms with Crippen LogP contribution in [0.5, 0.6) is 5.75 Å². The quantitative estimate of drug-likeness (QED) is 0.807. The zero-order valence-corrected chi connectivity index (χ0v) is 11.1. The van der Waals surface area contributed by atoms with Gasteiger partial charge in [-0.3, -0.25) is 0 Å². The Labute approximate surface area is 103 Å². The summed E-state index contributed by atoms with van der Waals surface area (Å²) in [5.74, 6) is 0.618. The molecule has 0 aliphatic heterocycles. The average Bonchev–Trinajstić information content (AvgIpc) is 2.28. The van der Waals surface area contributed by atoms with Crippen LogP contribution in [-0.2, 0) is 0 Å². The maximum Gasteiger partial charge on any atom is 0.414 e. The highest BCUT2D eigenvalue weighted by molar-refractivity contribution is 5.70. The van der Waals surface area contributed by atoms with E-state index in [9.17, 15) is 4.79 Å². The molecule has 94 valence electrons. The molecule has 1 amide bonds. The van der Waals surface area contributed by atoms with Gasteiger partial charge in [0.15, 0.2) is 0 Å². The Morgan fingerprint density at radius 3 is 2.29 bits per heavy atom. The van der Waals surface area contributed by atoms with Gasteiger partial charge in [0, 0.05) is 25.7 Å². The van der Waals surface area contributed by atoms with Crippen molar-refractivity contribution in [1.82, 2.24) is 9.80 Å². The second-order valence-electron chi connectivity index (χ2n) is 4.44. The molecule has 0 bridgehead atoms. The zero-order chi connectivity index (χ0) is 13.0. The highest BCUT2D eigenvalue weighted by Crippen LogP contribution is 2.27. The van der Waals surface area contributed by atoms with E-state index in [4.69, 9.17) is 4.74 Å². The molecule has 1 aromatic rings. The molecule has 0 aromatic heterocycles. The summed E-state index contributed by atoms with van der Waals surface area (Å²) in [6, 6.07) is 7.80. The number of amides is 1. The van der Waals surface area contributed by atoms with Crippen molar-refractivity contribution >= 4 is 6.09 Å². The summed E-state index contributed by atoms with van der Waals surface area (Å²) < 4.78 is 5.34. The second-order valence-corrected chi connectivity index (χ2v) is 4.44. The van der Waals surface area contributed by atoms with Crippen LogP contribution < -0.4 is 4.74 Å². The highest BCUT2D eigenvalue weighted by atomic mass is 16.6. The first-order valence-electron chi connectivity index (χ1n) is 5.58. The normalized spacial score (nSPS) is 12.4. The molecule has 0 N–H and O–H groups in total. The van der Waals surface area contributed by atoms with Crippen LogP contribution in [0.15, 0.2) is 24.3 Å². The van der Waals surface area contributed by atoms with Crippen LogP contribution in [0.3, 0.4) is 0 Å². The number of carbonyl (C=O) groups is 1. The van der Waals surface area contributed by atoms with E-state index in [0.717, 1.165) is 5.56 Å². The first kappa shape index (κ1) is 13.5. The minimum absolute atomic E-state index is 0.196. The van der Waals surface area contributed by atoms with E-state index in [-0.39, 0.29) is 12.1 Å². The Morgan fingerprint density at radius 2 is 1.76 bits per heavy atom. The largest absolute Gasteiger partial charge is 0.414 e. The van der Waals surface area contributed by atoms with Gasteiger partial charge in [0.1, 0.15) is 5.75 Å². The van der Waals surface area contributed by atoms with Gasteiger partial charge >= 0.3 is 6.09 Å². The molecule has 4 nitrogen and oxygen atoms in total. The lowest BCUT2D eigenvalue weighted by Crippen LogP contribution is -2.26. The molecule has 17 heavy (non-hydrogen) atoms. The van der Waals surface area contributed by atoms with E-state index in [2.05, 4.69) is 11.8 Å². The van der Waals surface area contributed by atoms with Gasteiger partial charge in [-0.05, 0) is 27.1 Å². The number of hydrogen-bond acceptors (Lipinski definition) is 3. The molecule has 0 heterocycles. The van der Waals surface area contributed by atoms with Crippen LogP contribution in [0, 0.1) is 0 Å². The molecule has 0 aliphatic rings. The van der Waals surface area contributed by atoms with Crippen molar-refractivity contribution in [2.24, 2.45) is 0 Å². The van der Waals surface area contributed by atoms with E-state index in [1.54, 1.807) is 14.1 Å².